The number of benzene rings is 2. The van der Waals surface area contributed by atoms with Gasteiger partial charge in [0.15, 0.2) is 14.6 Å². The quantitative estimate of drug-likeness (QED) is 0.708. The number of hydrogen-bond acceptors (Lipinski definition) is 5. The largest absolute Gasteiger partial charge is 0.497 e. The van der Waals surface area contributed by atoms with Crippen LogP contribution in [-0.4, -0.2) is 32.9 Å². The van der Waals surface area contributed by atoms with Gasteiger partial charge in [0.2, 0.25) is 0 Å². The summed E-state index contributed by atoms with van der Waals surface area (Å²) in [5, 5.41) is 0. The molecule has 0 bridgehead atoms. The van der Waals surface area contributed by atoms with Crippen molar-refractivity contribution >= 4 is 15.8 Å². The Hall–Kier alpha value is -2.34. The van der Waals surface area contributed by atoms with Crippen LogP contribution in [0.5, 0.6) is 5.75 Å². The van der Waals surface area contributed by atoms with Crippen LogP contribution in [0.1, 0.15) is 19.4 Å². The van der Waals surface area contributed by atoms with Crippen molar-refractivity contribution in [2.45, 2.75) is 29.9 Å². The molecule has 5 nitrogen and oxygen atoms in total. The fraction of sp³-hybridized carbons (Fsp3) is 0.316. The van der Waals surface area contributed by atoms with Crippen LogP contribution in [0.3, 0.4) is 0 Å². The van der Waals surface area contributed by atoms with E-state index in [9.17, 15) is 13.2 Å². The molecule has 0 aliphatic rings. The van der Waals surface area contributed by atoms with Gasteiger partial charge in [-0.05, 0) is 43.7 Å². The molecule has 0 aromatic heterocycles. The molecule has 2 aromatic carbocycles. The third kappa shape index (κ3) is 3.85. The molecule has 0 radical (unpaired) electrons. The van der Waals surface area contributed by atoms with Crippen molar-refractivity contribution in [1.82, 2.24) is 0 Å². The van der Waals surface area contributed by atoms with Crippen molar-refractivity contribution in [2.75, 3.05) is 13.7 Å². The normalized spacial score (nSPS) is 13.7. The molecule has 0 spiro atoms. The number of carbonyl (C=O) groups excluding carboxylic acids is 1. The van der Waals surface area contributed by atoms with Crippen LogP contribution in [-0.2, 0) is 25.8 Å². The van der Waals surface area contributed by atoms with Crippen LogP contribution in [0, 0.1) is 0 Å². The molecular weight excluding hydrogens is 340 g/mol. The van der Waals surface area contributed by atoms with Crippen molar-refractivity contribution in [1.29, 1.82) is 0 Å². The van der Waals surface area contributed by atoms with Gasteiger partial charge in [-0.2, -0.15) is 0 Å². The molecular formula is C19H22O5S. The highest BCUT2D eigenvalue weighted by Crippen LogP contribution is 2.31. The Labute approximate surface area is 148 Å². The number of rotatable bonds is 7. The van der Waals surface area contributed by atoms with E-state index in [0.717, 1.165) is 5.56 Å². The van der Waals surface area contributed by atoms with Crippen molar-refractivity contribution in [3.05, 3.63) is 60.2 Å². The maximum absolute atomic E-state index is 13.2. The van der Waals surface area contributed by atoms with E-state index < -0.39 is 20.6 Å². The number of methoxy groups -OCH3 is 1. The van der Waals surface area contributed by atoms with Gasteiger partial charge in [0.05, 0.1) is 18.6 Å². The third-order valence-corrected chi connectivity index (χ3v) is 6.44. The van der Waals surface area contributed by atoms with E-state index in [1.807, 2.05) is 6.07 Å². The zero-order valence-corrected chi connectivity index (χ0v) is 15.4. The molecule has 6 heteroatoms. The lowest BCUT2D eigenvalue weighted by molar-refractivity contribution is -0.145. The lowest BCUT2D eigenvalue weighted by atomic mass is 10.0. The van der Waals surface area contributed by atoms with E-state index in [-0.39, 0.29) is 17.9 Å². The standard InChI is InChI=1S/C19H22O5S/c1-4-24-18(20)19(2,14-15-8-6-5-7-9-15)25(21,22)17-12-10-16(23-3)11-13-17/h5-13H,4,14H2,1-3H3/t19-/m1/s1. The minimum absolute atomic E-state index is 0.0288. The zero-order valence-electron chi connectivity index (χ0n) is 14.6. The highest BCUT2D eigenvalue weighted by Gasteiger charge is 2.48. The second kappa shape index (κ2) is 7.70. The van der Waals surface area contributed by atoms with Gasteiger partial charge in [0.1, 0.15) is 5.75 Å². The molecule has 0 N–H and O–H groups in total. The van der Waals surface area contributed by atoms with Crippen molar-refractivity contribution in [2.24, 2.45) is 0 Å². The molecule has 0 aliphatic carbocycles. The Morgan fingerprint density at radius 1 is 1.04 bits per heavy atom. The molecule has 25 heavy (non-hydrogen) atoms. The molecule has 0 amide bonds. The average molecular weight is 362 g/mol. The Morgan fingerprint density at radius 2 is 1.64 bits per heavy atom. The number of hydrogen-bond donors (Lipinski definition) is 0. The van der Waals surface area contributed by atoms with Crippen LogP contribution in [0.25, 0.3) is 0 Å². The van der Waals surface area contributed by atoms with Crippen molar-refractivity contribution in [3.8, 4) is 5.75 Å². The molecule has 0 aliphatic heterocycles. The van der Waals surface area contributed by atoms with Crippen LogP contribution in [0.15, 0.2) is 59.5 Å². The first-order valence-corrected chi connectivity index (χ1v) is 9.43. The molecule has 0 heterocycles. The number of esters is 1. The Balaban J connectivity index is 2.50. The molecule has 0 fully saturated rings. The maximum atomic E-state index is 13.2. The van der Waals surface area contributed by atoms with Gasteiger partial charge in [-0.25, -0.2) is 8.42 Å². The van der Waals surface area contributed by atoms with Crippen LogP contribution < -0.4 is 4.74 Å². The molecule has 1 atom stereocenters. The van der Waals surface area contributed by atoms with E-state index in [1.54, 1.807) is 43.3 Å². The average Bonchev–Trinajstić information content (AvgIpc) is 2.62. The highest BCUT2D eigenvalue weighted by molar-refractivity contribution is 7.93. The first kappa shape index (κ1) is 19.0. The van der Waals surface area contributed by atoms with Gasteiger partial charge >= 0.3 is 5.97 Å². The summed E-state index contributed by atoms with van der Waals surface area (Å²) >= 11 is 0. The summed E-state index contributed by atoms with van der Waals surface area (Å²) in [5.41, 5.74) is 0.745. The highest BCUT2D eigenvalue weighted by atomic mass is 32.2. The van der Waals surface area contributed by atoms with E-state index in [0.29, 0.717) is 5.75 Å². The molecule has 2 aromatic rings. The lowest BCUT2D eigenvalue weighted by Gasteiger charge is -2.27. The minimum Gasteiger partial charge on any atom is -0.497 e. The van der Waals surface area contributed by atoms with Gasteiger partial charge in [0.25, 0.3) is 0 Å². The van der Waals surface area contributed by atoms with Crippen LogP contribution in [0.2, 0.25) is 0 Å². The topological polar surface area (TPSA) is 69.7 Å². The SMILES string of the molecule is CCOC(=O)[C@@](C)(Cc1ccccc1)S(=O)(=O)c1ccc(OC)cc1. The predicted octanol–water partition coefficient (Wildman–Crippen LogP) is 3.03. The van der Waals surface area contributed by atoms with Gasteiger partial charge in [0, 0.05) is 6.42 Å². The van der Waals surface area contributed by atoms with Gasteiger partial charge in [-0.15, -0.1) is 0 Å². The molecule has 0 unspecified atom stereocenters. The molecule has 2 rings (SSSR count). The van der Waals surface area contributed by atoms with Crippen molar-refractivity contribution < 1.29 is 22.7 Å². The molecule has 134 valence electrons. The smallest absolute Gasteiger partial charge is 0.327 e. The second-order valence-corrected chi connectivity index (χ2v) is 8.17. The van der Waals surface area contributed by atoms with E-state index in [1.165, 1.54) is 26.2 Å². The van der Waals surface area contributed by atoms with Gasteiger partial charge < -0.3 is 9.47 Å². The van der Waals surface area contributed by atoms with E-state index >= 15 is 0 Å². The summed E-state index contributed by atoms with van der Waals surface area (Å²) in [6.07, 6.45) is 0.0288. The fourth-order valence-electron chi connectivity index (χ4n) is 2.56. The second-order valence-electron chi connectivity index (χ2n) is 5.79. The number of sulfone groups is 1. The van der Waals surface area contributed by atoms with E-state index in [4.69, 9.17) is 9.47 Å². The Morgan fingerprint density at radius 3 is 2.16 bits per heavy atom. The summed E-state index contributed by atoms with van der Waals surface area (Å²) < 4.78 is 34.9. The van der Waals surface area contributed by atoms with Gasteiger partial charge in [-0.3, -0.25) is 4.79 Å². The van der Waals surface area contributed by atoms with E-state index in [2.05, 4.69) is 0 Å². The Kier molecular flexibility index (Phi) is 5.85. The summed E-state index contributed by atoms with van der Waals surface area (Å²) in [4.78, 5) is 12.6. The summed E-state index contributed by atoms with van der Waals surface area (Å²) in [5.74, 6) is -0.213. The number of ether oxygens (including phenoxy) is 2. The van der Waals surface area contributed by atoms with Crippen LogP contribution in [0.4, 0.5) is 0 Å². The predicted molar refractivity (Wildman–Crippen MR) is 95.4 cm³/mol. The van der Waals surface area contributed by atoms with Crippen LogP contribution >= 0.6 is 0 Å². The number of carbonyl (C=O) groups is 1. The lowest BCUT2D eigenvalue weighted by Crippen LogP contribution is -2.46. The zero-order chi connectivity index (χ0) is 18.5. The summed E-state index contributed by atoms with van der Waals surface area (Å²) in [7, 11) is -2.47. The summed E-state index contributed by atoms with van der Waals surface area (Å²) in [6, 6.07) is 15.0. The van der Waals surface area contributed by atoms with Crippen molar-refractivity contribution in [3.63, 3.8) is 0 Å². The third-order valence-electron chi connectivity index (χ3n) is 4.05. The molecule has 0 saturated carbocycles. The first-order chi connectivity index (χ1) is 11.8. The Bertz CT molecular complexity index is 813. The maximum Gasteiger partial charge on any atom is 0.327 e. The van der Waals surface area contributed by atoms with Gasteiger partial charge in [-0.1, -0.05) is 30.3 Å². The summed E-state index contributed by atoms with van der Waals surface area (Å²) in [6.45, 7) is 3.18. The monoisotopic (exact) mass is 362 g/mol. The minimum atomic E-state index is -3.98. The first-order valence-electron chi connectivity index (χ1n) is 7.95. The molecule has 0 saturated heterocycles. The fourth-order valence-corrected chi connectivity index (χ4v) is 4.21.